The number of carbonyl (C=O) groups is 1. The van der Waals surface area contributed by atoms with E-state index in [1.165, 1.54) is 0 Å². The van der Waals surface area contributed by atoms with E-state index >= 15 is 0 Å². The van der Waals surface area contributed by atoms with Crippen molar-refractivity contribution in [3.05, 3.63) is 78.1 Å². The van der Waals surface area contributed by atoms with Gasteiger partial charge in [-0.25, -0.2) is 0 Å². The summed E-state index contributed by atoms with van der Waals surface area (Å²) in [6.07, 6.45) is 3.55. The molecule has 0 saturated heterocycles. The highest BCUT2D eigenvalue weighted by Crippen LogP contribution is 2.15. The van der Waals surface area contributed by atoms with Crippen molar-refractivity contribution >= 4 is 17.3 Å². The van der Waals surface area contributed by atoms with E-state index in [1.54, 1.807) is 37.4 Å². The first-order chi connectivity index (χ1) is 12.7. The third kappa shape index (κ3) is 4.28. The fourth-order valence-electron chi connectivity index (χ4n) is 2.54. The van der Waals surface area contributed by atoms with Crippen LogP contribution in [0.25, 0.3) is 0 Å². The summed E-state index contributed by atoms with van der Waals surface area (Å²) in [5.41, 5.74) is 2.86. The van der Waals surface area contributed by atoms with Gasteiger partial charge < -0.3 is 10.6 Å². The molecule has 1 atom stereocenters. The van der Waals surface area contributed by atoms with E-state index in [1.807, 2.05) is 41.2 Å². The predicted molar refractivity (Wildman–Crippen MR) is 101 cm³/mol. The first kappa shape index (κ1) is 17.2. The second-order valence-corrected chi connectivity index (χ2v) is 5.92. The fourth-order valence-corrected chi connectivity index (χ4v) is 2.54. The minimum atomic E-state index is -0.476. The minimum Gasteiger partial charge on any atom is -0.371 e. The molecule has 3 rings (SSSR count). The third-order valence-corrected chi connectivity index (χ3v) is 3.90. The average molecular weight is 345 g/mol. The van der Waals surface area contributed by atoms with E-state index in [9.17, 15) is 4.79 Å². The predicted octanol–water partition coefficient (Wildman–Crippen LogP) is 3.24. The molecule has 6 heteroatoms. The Balaban J connectivity index is 1.60. The van der Waals surface area contributed by atoms with E-state index in [0.717, 1.165) is 11.3 Å². The molecule has 0 spiro atoms. The van der Waals surface area contributed by atoms with Crippen molar-refractivity contribution < 1.29 is 4.79 Å². The van der Waals surface area contributed by atoms with Gasteiger partial charge in [-0.15, -0.1) is 0 Å². The van der Waals surface area contributed by atoms with Crippen LogP contribution in [-0.2, 0) is 11.3 Å². The number of carbonyl (C=O) groups excluding carboxylic acids is 1. The van der Waals surface area contributed by atoms with Gasteiger partial charge in [0.2, 0.25) is 5.91 Å². The average Bonchev–Trinajstić information content (AvgIpc) is 3.09. The number of nitrogens with one attached hydrogen (secondary N) is 2. The molecule has 0 unspecified atom stereocenters. The Bertz CT molecular complexity index is 927. The van der Waals surface area contributed by atoms with Gasteiger partial charge in [0.05, 0.1) is 29.7 Å². The van der Waals surface area contributed by atoms with E-state index in [0.29, 0.717) is 17.8 Å². The Hall–Kier alpha value is -3.59. The zero-order valence-electron chi connectivity index (χ0n) is 14.4. The van der Waals surface area contributed by atoms with Gasteiger partial charge in [0.25, 0.3) is 0 Å². The van der Waals surface area contributed by atoms with Gasteiger partial charge >= 0.3 is 0 Å². The van der Waals surface area contributed by atoms with Gasteiger partial charge in [-0.3, -0.25) is 9.48 Å². The number of benzene rings is 2. The van der Waals surface area contributed by atoms with Gasteiger partial charge in [-0.2, -0.15) is 10.4 Å². The molecule has 2 N–H and O–H groups in total. The van der Waals surface area contributed by atoms with Gasteiger partial charge in [-0.05, 0) is 24.6 Å². The summed E-state index contributed by atoms with van der Waals surface area (Å²) >= 11 is 0. The Labute approximate surface area is 152 Å². The van der Waals surface area contributed by atoms with E-state index in [2.05, 4.69) is 21.8 Å². The monoisotopic (exact) mass is 345 g/mol. The van der Waals surface area contributed by atoms with Crippen LogP contribution in [0.5, 0.6) is 0 Å². The van der Waals surface area contributed by atoms with Gasteiger partial charge in [0.1, 0.15) is 12.1 Å². The molecule has 1 aromatic heterocycles. The first-order valence-electron chi connectivity index (χ1n) is 8.28. The summed E-state index contributed by atoms with van der Waals surface area (Å²) in [7, 11) is 0. The zero-order valence-corrected chi connectivity index (χ0v) is 14.4. The van der Waals surface area contributed by atoms with Gasteiger partial charge in [-0.1, -0.05) is 42.5 Å². The van der Waals surface area contributed by atoms with Crippen molar-refractivity contribution in [2.45, 2.75) is 19.5 Å². The molecule has 1 heterocycles. The zero-order chi connectivity index (χ0) is 18.4. The summed E-state index contributed by atoms with van der Waals surface area (Å²) < 4.78 is 1.81. The molecule has 130 valence electrons. The van der Waals surface area contributed by atoms with Crippen molar-refractivity contribution in [3.63, 3.8) is 0 Å². The lowest BCUT2D eigenvalue weighted by Gasteiger charge is -2.14. The number of nitrogens with zero attached hydrogens (tertiary/aromatic N) is 3. The van der Waals surface area contributed by atoms with Crippen molar-refractivity contribution in [2.24, 2.45) is 0 Å². The van der Waals surface area contributed by atoms with E-state index in [-0.39, 0.29) is 5.91 Å². The highest BCUT2D eigenvalue weighted by molar-refractivity contribution is 5.97. The smallest absolute Gasteiger partial charge is 0.246 e. The van der Waals surface area contributed by atoms with Crippen molar-refractivity contribution in [1.82, 2.24) is 9.78 Å². The molecule has 2 aromatic carbocycles. The molecule has 0 aliphatic rings. The maximum atomic E-state index is 12.4. The lowest BCUT2D eigenvalue weighted by Crippen LogP contribution is -2.32. The third-order valence-electron chi connectivity index (χ3n) is 3.90. The quantitative estimate of drug-likeness (QED) is 0.718. The number of anilines is 2. The maximum Gasteiger partial charge on any atom is 0.246 e. The summed E-state index contributed by atoms with van der Waals surface area (Å²) in [6.45, 7) is 2.43. The number of nitriles is 1. The maximum absolute atomic E-state index is 12.4. The van der Waals surface area contributed by atoms with Crippen molar-refractivity contribution in [2.75, 3.05) is 10.6 Å². The number of hydrogen-bond donors (Lipinski definition) is 2. The van der Waals surface area contributed by atoms with Crippen LogP contribution in [0.3, 0.4) is 0 Å². The first-order valence-corrected chi connectivity index (χ1v) is 8.28. The Kier molecular flexibility index (Phi) is 5.30. The normalized spacial score (nSPS) is 11.4. The molecular weight excluding hydrogens is 326 g/mol. The number of aromatic nitrogens is 2. The molecule has 6 nitrogen and oxygen atoms in total. The van der Waals surface area contributed by atoms with Crippen LogP contribution in [0.4, 0.5) is 11.4 Å². The van der Waals surface area contributed by atoms with Crippen LogP contribution in [0.15, 0.2) is 67.0 Å². The van der Waals surface area contributed by atoms with Gasteiger partial charge in [0, 0.05) is 6.20 Å². The second kappa shape index (κ2) is 7.99. The number of hydrogen-bond acceptors (Lipinski definition) is 4. The summed E-state index contributed by atoms with van der Waals surface area (Å²) in [5, 5.41) is 19.3. The van der Waals surface area contributed by atoms with Crippen LogP contribution in [0, 0.1) is 11.3 Å². The molecule has 0 aliphatic heterocycles. The Morgan fingerprint density at radius 2 is 1.92 bits per heavy atom. The van der Waals surface area contributed by atoms with Gasteiger partial charge in [0.15, 0.2) is 0 Å². The lowest BCUT2D eigenvalue weighted by atomic mass is 10.2. The number of amides is 1. The molecule has 0 saturated carbocycles. The second-order valence-electron chi connectivity index (χ2n) is 5.92. The molecule has 0 aliphatic carbocycles. The Morgan fingerprint density at radius 3 is 2.69 bits per heavy atom. The summed E-state index contributed by atoms with van der Waals surface area (Å²) in [4.78, 5) is 12.4. The highest BCUT2D eigenvalue weighted by Gasteiger charge is 2.15. The molecule has 0 fully saturated rings. The van der Waals surface area contributed by atoms with Crippen molar-refractivity contribution in [3.8, 4) is 6.07 Å². The van der Waals surface area contributed by atoms with Crippen LogP contribution in [0.2, 0.25) is 0 Å². The molecule has 0 bridgehead atoms. The fraction of sp³-hybridized carbons (Fsp3) is 0.150. The Morgan fingerprint density at radius 1 is 1.19 bits per heavy atom. The van der Waals surface area contributed by atoms with Crippen LogP contribution >= 0.6 is 0 Å². The van der Waals surface area contributed by atoms with Crippen LogP contribution < -0.4 is 10.6 Å². The largest absolute Gasteiger partial charge is 0.371 e. The highest BCUT2D eigenvalue weighted by atomic mass is 16.2. The van der Waals surface area contributed by atoms with Crippen LogP contribution in [0.1, 0.15) is 18.1 Å². The van der Waals surface area contributed by atoms with E-state index < -0.39 is 6.04 Å². The molecular formula is C20H19N5O. The molecule has 0 radical (unpaired) electrons. The van der Waals surface area contributed by atoms with E-state index in [4.69, 9.17) is 5.26 Å². The topological polar surface area (TPSA) is 82.7 Å². The molecule has 3 aromatic rings. The van der Waals surface area contributed by atoms with Crippen molar-refractivity contribution in [1.29, 1.82) is 5.26 Å². The lowest BCUT2D eigenvalue weighted by molar-refractivity contribution is -0.116. The number of rotatable bonds is 6. The van der Waals surface area contributed by atoms with Crippen LogP contribution in [-0.4, -0.2) is 21.7 Å². The summed E-state index contributed by atoms with van der Waals surface area (Å²) in [5.74, 6) is -0.219. The SMILES string of the molecule is C[C@H](Nc1cnn(Cc2ccccc2)c1)C(=O)Nc1ccccc1C#N. The molecule has 26 heavy (non-hydrogen) atoms. The standard InChI is InChI=1S/C20H19N5O/c1-15(20(26)24-19-10-6-5-9-17(19)11-21)23-18-12-22-25(14-18)13-16-7-3-2-4-8-16/h2-10,12,14-15,23H,13H2,1H3,(H,24,26)/t15-/m0/s1. The number of para-hydroxylation sites is 1. The minimum absolute atomic E-state index is 0.219. The summed E-state index contributed by atoms with van der Waals surface area (Å²) in [6, 6.07) is 18.5. The molecule has 1 amide bonds.